The van der Waals surface area contributed by atoms with Gasteiger partial charge >= 0.3 is 0 Å². The highest BCUT2D eigenvalue weighted by Gasteiger charge is 2.18. The lowest BCUT2D eigenvalue weighted by molar-refractivity contribution is -0.114. The minimum atomic E-state index is -0.275. The number of benzene rings is 2. The van der Waals surface area contributed by atoms with E-state index in [0.29, 0.717) is 18.7 Å². The lowest BCUT2D eigenvalue weighted by Crippen LogP contribution is -2.32. The Kier molecular flexibility index (Phi) is 6.57. The molecule has 0 radical (unpaired) electrons. The number of amides is 1. The van der Waals surface area contributed by atoms with Gasteiger partial charge in [-0.3, -0.25) is 4.79 Å². The third-order valence-electron chi connectivity index (χ3n) is 3.60. The van der Waals surface area contributed by atoms with Crippen LogP contribution in [0.5, 0.6) is 5.75 Å². The number of ether oxygens (including phenoxy) is 1. The molecule has 0 saturated heterocycles. The van der Waals surface area contributed by atoms with Crippen LogP contribution in [-0.4, -0.2) is 25.3 Å². The number of rotatable bonds is 7. The van der Waals surface area contributed by atoms with Crippen LogP contribution in [0.4, 0.5) is 0 Å². The van der Waals surface area contributed by atoms with Crippen LogP contribution in [0.25, 0.3) is 0 Å². The fourth-order valence-electron chi connectivity index (χ4n) is 2.60. The van der Waals surface area contributed by atoms with Gasteiger partial charge in [-0.1, -0.05) is 35.5 Å². The average molecular weight is 340 g/mol. The fourth-order valence-corrected chi connectivity index (χ4v) is 2.60. The SMILES string of the molecule is CCNC(=O)C(=NOC)c1ccccc1COc1cc(C)cc(C)c1. The molecule has 1 amide bonds. The van der Waals surface area contributed by atoms with Gasteiger partial charge in [0, 0.05) is 12.1 Å². The van der Waals surface area contributed by atoms with Gasteiger partial charge in [0.05, 0.1) is 0 Å². The van der Waals surface area contributed by atoms with E-state index in [9.17, 15) is 4.79 Å². The van der Waals surface area contributed by atoms with E-state index in [-0.39, 0.29) is 11.6 Å². The first kappa shape index (κ1) is 18.5. The zero-order valence-electron chi connectivity index (χ0n) is 15.1. The molecule has 2 rings (SSSR count). The molecule has 25 heavy (non-hydrogen) atoms. The summed E-state index contributed by atoms with van der Waals surface area (Å²) in [6.45, 7) is 6.78. The van der Waals surface area contributed by atoms with Crippen LogP contribution in [-0.2, 0) is 16.2 Å². The van der Waals surface area contributed by atoms with Crippen molar-refractivity contribution < 1.29 is 14.4 Å². The zero-order valence-corrected chi connectivity index (χ0v) is 15.1. The number of nitrogens with zero attached hydrogens (tertiary/aromatic N) is 1. The smallest absolute Gasteiger partial charge is 0.273 e. The van der Waals surface area contributed by atoms with Gasteiger partial charge < -0.3 is 14.9 Å². The topological polar surface area (TPSA) is 59.9 Å². The zero-order chi connectivity index (χ0) is 18.2. The summed E-state index contributed by atoms with van der Waals surface area (Å²) in [7, 11) is 1.42. The van der Waals surface area contributed by atoms with Gasteiger partial charge in [-0.15, -0.1) is 0 Å². The van der Waals surface area contributed by atoms with Crippen molar-refractivity contribution >= 4 is 11.6 Å². The Morgan fingerprint density at radius 3 is 2.44 bits per heavy atom. The predicted molar refractivity (Wildman–Crippen MR) is 98.9 cm³/mol. The van der Waals surface area contributed by atoms with Crippen LogP contribution in [0.3, 0.4) is 0 Å². The summed E-state index contributed by atoms with van der Waals surface area (Å²) < 4.78 is 5.93. The number of hydrogen-bond donors (Lipinski definition) is 1. The quantitative estimate of drug-likeness (QED) is 0.621. The first-order chi connectivity index (χ1) is 12.0. The predicted octanol–water partition coefficient (Wildman–Crippen LogP) is 3.37. The van der Waals surface area contributed by atoms with Gasteiger partial charge in [0.2, 0.25) is 0 Å². The van der Waals surface area contributed by atoms with Crippen LogP contribution in [0, 0.1) is 13.8 Å². The fraction of sp³-hybridized carbons (Fsp3) is 0.300. The standard InChI is InChI=1S/C20H24N2O3/c1-5-21-20(23)19(22-24-4)18-9-7-6-8-16(18)13-25-17-11-14(2)10-15(3)12-17/h6-12H,5,13H2,1-4H3,(H,21,23). The first-order valence-electron chi connectivity index (χ1n) is 8.23. The molecule has 0 atom stereocenters. The van der Waals surface area contributed by atoms with Crippen molar-refractivity contribution in [1.29, 1.82) is 0 Å². The molecule has 2 aromatic carbocycles. The largest absolute Gasteiger partial charge is 0.489 e. The van der Waals surface area contributed by atoms with Crippen molar-refractivity contribution in [3.63, 3.8) is 0 Å². The Balaban J connectivity index is 2.27. The van der Waals surface area contributed by atoms with Gasteiger partial charge in [-0.05, 0) is 49.6 Å². The third-order valence-corrected chi connectivity index (χ3v) is 3.60. The van der Waals surface area contributed by atoms with Gasteiger partial charge in [0.25, 0.3) is 5.91 Å². The van der Waals surface area contributed by atoms with Crippen molar-refractivity contribution in [3.8, 4) is 5.75 Å². The molecule has 0 unspecified atom stereocenters. The molecular weight excluding hydrogens is 316 g/mol. The van der Waals surface area contributed by atoms with Crippen LogP contribution < -0.4 is 10.1 Å². The lowest BCUT2D eigenvalue weighted by Gasteiger charge is -2.13. The average Bonchev–Trinajstić information content (AvgIpc) is 2.57. The van der Waals surface area contributed by atoms with E-state index >= 15 is 0 Å². The second-order valence-corrected chi connectivity index (χ2v) is 5.75. The molecule has 132 valence electrons. The lowest BCUT2D eigenvalue weighted by atomic mass is 10.0. The summed E-state index contributed by atoms with van der Waals surface area (Å²) in [5, 5.41) is 6.66. The molecule has 0 spiro atoms. The molecule has 5 heteroatoms. The number of likely N-dealkylation sites (N-methyl/N-ethyl adjacent to an activating group) is 1. The summed E-state index contributed by atoms with van der Waals surface area (Å²) in [6.07, 6.45) is 0. The van der Waals surface area contributed by atoms with Crippen LogP contribution >= 0.6 is 0 Å². The highest BCUT2D eigenvalue weighted by atomic mass is 16.6. The van der Waals surface area contributed by atoms with Crippen molar-refractivity contribution in [1.82, 2.24) is 5.32 Å². The minimum Gasteiger partial charge on any atom is -0.489 e. The molecule has 0 aliphatic rings. The maximum Gasteiger partial charge on any atom is 0.273 e. The normalized spacial score (nSPS) is 11.1. The molecule has 0 aliphatic heterocycles. The highest BCUT2D eigenvalue weighted by Crippen LogP contribution is 2.19. The Bertz CT molecular complexity index is 749. The number of aryl methyl sites for hydroxylation is 2. The molecular formula is C20H24N2O3. The van der Waals surface area contributed by atoms with E-state index in [4.69, 9.17) is 9.57 Å². The van der Waals surface area contributed by atoms with Gasteiger partial charge in [-0.2, -0.15) is 0 Å². The van der Waals surface area contributed by atoms with E-state index < -0.39 is 0 Å². The second-order valence-electron chi connectivity index (χ2n) is 5.75. The summed E-state index contributed by atoms with van der Waals surface area (Å²) in [5.41, 5.74) is 4.09. The molecule has 2 aromatic rings. The summed E-state index contributed by atoms with van der Waals surface area (Å²) in [6, 6.07) is 13.6. The first-order valence-corrected chi connectivity index (χ1v) is 8.23. The molecule has 0 heterocycles. The van der Waals surface area contributed by atoms with Crippen molar-refractivity contribution in [2.75, 3.05) is 13.7 Å². The van der Waals surface area contributed by atoms with E-state index in [2.05, 4.69) is 16.5 Å². The van der Waals surface area contributed by atoms with Gasteiger partial charge in [-0.25, -0.2) is 0 Å². The summed E-state index contributed by atoms with van der Waals surface area (Å²) >= 11 is 0. The highest BCUT2D eigenvalue weighted by molar-refractivity contribution is 6.45. The summed E-state index contributed by atoms with van der Waals surface area (Å²) in [5.74, 6) is 0.527. The number of hydrogen-bond acceptors (Lipinski definition) is 4. The number of carbonyl (C=O) groups is 1. The number of nitrogens with one attached hydrogen (secondary N) is 1. The van der Waals surface area contributed by atoms with E-state index in [1.165, 1.54) is 7.11 Å². The number of carbonyl (C=O) groups excluding carboxylic acids is 1. The maximum atomic E-state index is 12.3. The van der Waals surface area contributed by atoms with Crippen molar-refractivity contribution in [2.45, 2.75) is 27.4 Å². The van der Waals surface area contributed by atoms with E-state index in [1.54, 1.807) is 0 Å². The van der Waals surface area contributed by atoms with Gasteiger partial charge in [0.1, 0.15) is 19.5 Å². The van der Waals surface area contributed by atoms with Crippen molar-refractivity contribution in [3.05, 3.63) is 64.7 Å². The molecule has 0 aliphatic carbocycles. The van der Waals surface area contributed by atoms with Crippen LogP contribution in [0.1, 0.15) is 29.2 Å². The van der Waals surface area contributed by atoms with Crippen LogP contribution in [0.2, 0.25) is 0 Å². The monoisotopic (exact) mass is 340 g/mol. The van der Waals surface area contributed by atoms with E-state index in [0.717, 1.165) is 22.4 Å². The molecule has 0 saturated carbocycles. The second kappa shape index (κ2) is 8.87. The molecule has 0 fully saturated rings. The van der Waals surface area contributed by atoms with Crippen LogP contribution in [0.15, 0.2) is 47.6 Å². The molecule has 0 bridgehead atoms. The summed E-state index contributed by atoms with van der Waals surface area (Å²) in [4.78, 5) is 17.1. The molecule has 5 nitrogen and oxygen atoms in total. The van der Waals surface area contributed by atoms with Crippen molar-refractivity contribution in [2.24, 2.45) is 5.16 Å². The molecule has 1 N–H and O–H groups in total. The van der Waals surface area contributed by atoms with Gasteiger partial charge in [0.15, 0.2) is 5.71 Å². The molecule has 0 aromatic heterocycles. The Hall–Kier alpha value is -2.82. The Morgan fingerprint density at radius 2 is 1.80 bits per heavy atom. The Labute approximate surface area is 148 Å². The number of oxime groups is 1. The minimum absolute atomic E-state index is 0.240. The third kappa shape index (κ3) is 5.08. The van der Waals surface area contributed by atoms with E-state index in [1.807, 2.05) is 57.2 Å². The maximum absolute atomic E-state index is 12.3. The Morgan fingerprint density at radius 1 is 1.12 bits per heavy atom.